The number of hydrogen-bond donors (Lipinski definition) is 1. The summed E-state index contributed by atoms with van der Waals surface area (Å²) in [7, 11) is 0. The highest BCUT2D eigenvalue weighted by Crippen LogP contribution is 2.27. The summed E-state index contributed by atoms with van der Waals surface area (Å²) >= 11 is 0. The maximum absolute atomic E-state index is 9.69. The molecule has 2 nitrogen and oxygen atoms in total. The van der Waals surface area contributed by atoms with E-state index in [0.717, 1.165) is 5.56 Å². The zero-order chi connectivity index (χ0) is 14.3. The van der Waals surface area contributed by atoms with Crippen molar-refractivity contribution in [3.05, 3.63) is 35.4 Å². The van der Waals surface area contributed by atoms with Crippen molar-refractivity contribution in [3.63, 3.8) is 0 Å². The molecule has 1 heterocycles. The Kier molecular flexibility index (Phi) is 6.06. The van der Waals surface area contributed by atoms with Gasteiger partial charge in [-0.3, -0.25) is 0 Å². The van der Waals surface area contributed by atoms with Gasteiger partial charge in [0.2, 0.25) is 0 Å². The molecule has 1 aliphatic rings. The minimum atomic E-state index is -0.861. The summed E-state index contributed by atoms with van der Waals surface area (Å²) < 4.78 is 5.01. The molecule has 1 N–H and O–H groups in total. The van der Waals surface area contributed by atoms with Crippen LogP contribution in [0.5, 0.6) is 0 Å². The van der Waals surface area contributed by atoms with Gasteiger partial charge in [0.25, 0.3) is 0 Å². The van der Waals surface area contributed by atoms with Crippen molar-refractivity contribution in [1.29, 1.82) is 0 Å². The number of ether oxygens (including phenoxy) is 1. The molecule has 1 fully saturated rings. The molecule has 1 aromatic carbocycles. The van der Waals surface area contributed by atoms with Crippen molar-refractivity contribution in [2.24, 2.45) is 0 Å². The van der Waals surface area contributed by atoms with Crippen LogP contribution < -0.4 is 0 Å². The molecule has 112 valence electrons. The Bertz CT molecular complexity index is 379. The third-order valence-corrected chi connectivity index (χ3v) is 4.05. The first-order valence-corrected chi connectivity index (χ1v) is 8.16. The average Bonchev–Trinajstić information content (AvgIpc) is 3.17. The monoisotopic (exact) mass is 276 g/mol. The molecule has 1 saturated heterocycles. The van der Waals surface area contributed by atoms with Gasteiger partial charge in [0.05, 0.1) is 0 Å². The van der Waals surface area contributed by atoms with Crippen LogP contribution in [0.25, 0.3) is 0 Å². The van der Waals surface area contributed by atoms with Crippen LogP contribution in [0, 0.1) is 0 Å². The van der Waals surface area contributed by atoms with E-state index in [9.17, 15) is 5.11 Å². The van der Waals surface area contributed by atoms with E-state index >= 15 is 0 Å². The lowest BCUT2D eigenvalue weighted by Gasteiger charge is -2.06. The molecule has 0 amide bonds. The number of epoxide rings is 1. The molecule has 20 heavy (non-hydrogen) atoms. The topological polar surface area (TPSA) is 32.8 Å². The highest BCUT2D eigenvalue weighted by molar-refractivity contribution is 5.24. The van der Waals surface area contributed by atoms with Crippen molar-refractivity contribution in [2.45, 2.75) is 70.5 Å². The number of rotatable bonds is 10. The van der Waals surface area contributed by atoms with Crippen LogP contribution in [0.3, 0.4) is 0 Å². The maximum atomic E-state index is 9.69. The molecule has 0 bridgehead atoms. The van der Waals surface area contributed by atoms with Gasteiger partial charge in [0.1, 0.15) is 6.61 Å². The molecule has 0 saturated carbocycles. The van der Waals surface area contributed by atoms with E-state index in [-0.39, 0.29) is 0 Å². The van der Waals surface area contributed by atoms with E-state index in [1.807, 2.05) is 0 Å². The summed E-state index contributed by atoms with van der Waals surface area (Å²) in [6.07, 6.45) is 11.3. The Morgan fingerprint density at radius 2 is 1.50 bits per heavy atom. The number of benzene rings is 1. The highest BCUT2D eigenvalue weighted by Gasteiger charge is 2.42. The van der Waals surface area contributed by atoms with Gasteiger partial charge in [0.15, 0.2) is 5.79 Å². The largest absolute Gasteiger partial charge is 0.363 e. The number of aliphatic hydroxyl groups is 1. The van der Waals surface area contributed by atoms with Crippen LogP contribution in [0.1, 0.15) is 63.0 Å². The second-order valence-corrected chi connectivity index (χ2v) is 6.10. The smallest absolute Gasteiger partial charge is 0.193 e. The van der Waals surface area contributed by atoms with E-state index in [4.69, 9.17) is 4.74 Å². The number of hydrogen-bond acceptors (Lipinski definition) is 2. The summed E-state index contributed by atoms with van der Waals surface area (Å²) in [6.45, 7) is 2.74. The second-order valence-electron chi connectivity index (χ2n) is 6.10. The van der Waals surface area contributed by atoms with Crippen molar-refractivity contribution in [3.8, 4) is 0 Å². The predicted molar refractivity (Wildman–Crippen MR) is 82.7 cm³/mol. The maximum Gasteiger partial charge on any atom is 0.193 e. The van der Waals surface area contributed by atoms with Crippen molar-refractivity contribution in [1.82, 2.24) is 0 Å². The third-order valence-electron chi connectivity index (χ3n) is 4.05. The molecule has 0 radical (unpaired) electrons. The average molecular weight is 276 g/mol. The van der Waals surface area contributed by atoms with Crippen LogP contribution in [-0.2, 0) is 17.6 Å². The molecular formula is C18H28O2. The van der Waals surface area contributed by atoms with Crippen molar-refractivity contribution in [2.75, 3.05) is 6.61 Å². The fraction of sp³-hybridized carbons (Fsp3) is 0.667. The van der Waals surface area contributed by atoms with E-state index in [2.05, 4.69) is 31.2 Å². The standard InChI is InChI=1S/C18H28O2/c1-2-3-4-5-6-7-8-9-16-10-12-17(13-11-16)14-18(19)15-20-18/h10-13,19H,2-9,14-15H2,1H3. The Balaban J connectivity index is 1.59. The number of aryl methyl sites for hydroxylation is 1. The Morgan fingerprint density at radius 3 is 2.10 bits per heavy atom. The van der Waals surface area contributed by atoms with E-state index in [1.165, 1.54) is 56.9 Å². The van der Waals surface area contributed by atoms with Gasteiger partial charge in [0, 0.05) is 6.42 Å². The first kappa shape index (κ1) is 15.5. The van der Waals surface area contributed by atoms with E-state index in [1.54, 1.807) is 0 Å². The summed E-state index contributed by atoms with van der Waals surface area (Å²) in [5, 5.41) is 9.69. The lowest BCUT2D eigenvalue weighted by molar-refractivity contribution is 0.0372. The van der Waals surface area contributed by atoms with Gasteiger partial charge in [-0.05, 0) is 24.0 Å². The van der Waals surface area contributed by atoms with E-state index in [0.29, 0.717) is 13.0 Å². The van der Waals surface area contributed by atoms with Gasteiger partial charge in [-0.2, -0.15) is 0 Å². The SMILES string of the molecule is CCCCCCCCCc1ccc(CC2(O)CO2)cc1. The summed E-state index contributed by atoms with van der Waals surface area (Å²) in [5.41, 5.74) is 2.57. The second kappa shape index (κ2) is 7.80. The van der Waals surface area contributed by atoms with Crippen LogP contribution in [0.15, 0.2) is 24.3 Å². The normalized spacial score (nSPS) is 21.1. The predicted octanol–water partition coefficient (Wildman–Crippen LogP) is 4.24. The van der Waals surface area contributed by atoms with Crippen LogP contribution in [0.4, 0.5) is 0 Å². The van der Waals surface area contributed by atoms with Crippen LogP contribution >= 0.6 is 0 Å². The van der Waals surface area contributed by atoms with Crippen molar-refractivity contribution >= 4 is 0 Å². The molecule has 0 spiro atoms. The van der Waals surface area contributed by atoms with Gasteiger partial charge in [-0.15, -0.1) is 0 Å². The minimum absolute atomic E-state index is 0.479. The fourth-order valence-corrected chi connectivity index (χ4v) is 2.61. The molecule has 0 aromatic heterocycles. The zero-order valence-electron chi connectivity index (χ0n) is 12.7. The van der Waals surface area contributed by atoms with Gasteiger partial charge < -0.3 is 9.84 Å². The van der Waals surface area contributed by atoms with Gasteiger partial charge in [-0.1, -0.05) is 69.7 Å². The quantitative estimate of drug-likeness (QED) is 0.512. The van der Waals surface area contributed by atoms with E-state index < -0.39 is 5.79 Å². The summed E-state index contributed by atoms with van der Waals surface area (Å²) in [6, 6.07) is 8.63. The lowest BCUT2D eigenvalue weighted by Crippen LogP contribution is -2.12. The first-order chi connectivity index (χ1) is 9.72. The molecule has 1 atom stereocenters. The highest BCUT2D eigenvalue weighted by atomic mass is 16.7. The molecule has 2 rings (SSSR count). The molecule has 1 unspecified atom stereocenters. The Labute approximate surface area is 123 Å². The molecule has 1 aromatic rings. The molecule has 2 heteroatoms. The first-order valence-electron chi connectivity index (χ1n) is 8.16. The summed E-state index contributed by atoms with van der Waals surface area (Å²) in [5.74, 6) is -0.861. The molecular weight excluding hydrogens is 248 g/mol. The minimum Gasteiger partial charge on any atom is -0.363 e. The Morgan fingerprint density at radius 1 is 0.950 bits per heavy atom. The zero-order valence-corrected chi connectivity index (χ0v) is 12.7. The summed E-state index contributed by atoms with van der Waals surface area (Å²) in [4.78, 5) is 0. The third kappa shape index (κ3) is 5.64. The Hall–Kier alpha value is -0.860. The van der Waals surface area contributed by atoms with Gasteiger partial charge in [-0.25, -0.2) is 0 Å². The molecule has 0 aliphatic carbocycles. The van der Waals surface area contributed by atoms with Crippen molar-refractivity contribution < 1.29 is 9.84 Å². The number of unbranched alkanes of at least 4 members (excludes halogenated alkanes) is 6. The molecule has 1 aliphatic heterocycles. The van der Waals surface area contributed by atoms with Crippen LogP contribution in [-0.4, -0.2) is 17.5 Å². The fourth-order valence-electron chi connectivity index (χ4n) is 2.61. The van der Waals surface area contributed by atoms with Gasteiger partial charge >= 0.3 is 0 Å². The van der Waals surface area contributed by atoms with Crippen LogP contribution in [0.2, 0.25) is 0 Å². The lowest BCUT2D eigenvalue weighted by atomic mass is 10.0.